The standard InChI is InChI=1S/C15H17N7O3/c23-9-13(24)12-6-11-8-20(4-1-5-21(11)17-12)15(25)10-2-3-14-16-18-19-22(14)7-10/h2-3,6-7,13,23-24H,1,4-5,8-9H2/t13-/m1/s1. The Morgan fingerprint density at radius 2 is 2.20 bits per heavy atom. The summed E-state index contributed by atoms with van der Waals surface area (Å²) in [4.78, 5) is 14.6. The molecule has 1 atom stereocenters. The van der Waals surface area contributed by atoms with Gasteiger partial charge in [0.1, 0.15) is 6.10 Å². The minimum absolute atomic E-state index is 0.115. The van der Waals surface area contributed by atoms with Crippen molar-refractivity contribution in [3.05, 3.63) is 41.3 Å². The van der Waals surface area contributed by atoms with Crippen LogP contribution >= 0.6 is 0 Å². The lowest BCUT2D eigenvalue weighted by Crippen LogP contribution is -2.30. The summed E-state index contributed by atoms with van der Waals surface area (Å²) >= 11 is 0. The number of aliphatic hydroxyl groups is 2. The highest BCUT2D eigenvalue weighted by Crippen LogP contribution is 2.19. The molecule has 0 fully saturated rings. The number of tetrazole rings is 1. The van der Waals surface area contributed by atoms with Gasteiger partial charge in [0.25, 0.3) is 5.91 Å². The average molecular weight is 343 g/mol. The Morgan fingerprint density at radius 1 is 1.32 bits per heavy atom. The van der Waals surface area contributed by atoms with Crippen LogP contribution in [0.15, 0.2) is 24.4 Å². The largest absolute Gasteiger partial charge is 0.393 e. The highest BCUT2D eigenvalue weighted by Gasteiger charge is 2.23. The number of rotatable bonds is 3. The molecule has 25 heavy (non-hydrogen) atoms. The van der Waals surface area contributed by atoms with E-state index in [-0.39, 0.29) is 12.5 Å². The number of carbonyl (C=O) groups is 1. The monoisotopic (exact) mass is 343 g/mol. The van der Waals surface area contributed by atoms with Gasteiger partial charge >= 0.3 is 0 Å². The Balaban J connectivity index is 1.59. The first-order valence-electron chi connectivity index (χ1n) is 7.98. The lowest BCUT2D eigenvalue weighted by molar-refractivity contribution is 0.0744. The Bertz CT molecular complexity index is 919. The van der Waals surface area contributed by atoms with Crippen molar-refractivity contribution in [1.82, 2.24) is 34.7 Å². The van der Waals surface area contributed by atoms with Crippen molar-refractivity contribution in [2.45, 2.75) is 25.6 Å². The molecular weight excluding hydrogens is 326 g/mol. The fraction of sp³-hybridized carbons (Fsp3) is 0.400. The maximum Gasteiger partial charge on any atom is 0.255 e. The van der Waals surface area contributed by atoms with Gasteiger partial charge in [0.15, 0.2) is 5.65 Å². The Morgan fingerprint density at radius 3 is 3.04 bits per heavy atom. The Kier molecular flexibility index (Phi) is 3.90. The van der Waals surface area contributed by atoms with Gasteiger partial charge < -0.3 is 15.1 Å². The third kappa shape index (κ3) is 2.85. The van der Waals surface area contributed by atoms with Crippen LogP contribution < -0.4 is 0 Å². The first kappa shape index (κ1) is 15.7. The summed E-state index contributed by atoms with van der Waals surface area (Å²) in [7, 11) is 0. The van der Waals surface area contributed by atoms with Crippen molar-refractivity contribution < 1.29 is 15.0 Å². The molecule has 1 aliphatic heterocycles. The van der Waals surface area contributed by atoms with Gasteiger partial charge in [0.05, 0.1) is 30.1 Å². The summed E-state index contributed by atoms with van der Waals surface area (Å²) in [6, 6.07) is 5.14. The molecule has 0 aliphatic carbocycles. The number of aliphatic hydroxyl groups excluding tert-OH is 2. The van der Waals surface area contributed by atoms with Crippen LogP contribution in [0.5, 0.6) is 0 Å². The van der Waals surface area contributed by atoms with Gasteiger partial charge in [-0.15, -0.1) is 5.10 Å². The fourth-order valence-electron chi connectivity index (χ4n) is 2.96. The number of amides is 1. The van der Waals surface area contributed by atoms with E-state index in [4.69, 9.17) is 5.11 Å². The number of aryl methyl sites for hydroxylation is 1. The molecule has 130 valence electrons. The Labute approximate surface area is 142 Å². The number of fused-ring (bicyclic) bond motifs is 2. The molecule has 4 heterocycles. The molecule has 4 rings (SSSR count). The third-order valence-electron chi connectivity index (χ3n) is 4.27. The second-order valence-corrected chi connectivity index (χ2v) is 5.96. The van der Waals surface area contributed by atoms with E-state index in [0.717, 1.165) is 12.1 Å². The number of nitrogens with zero attached hydrogens (tertiary/aromatic N) is 7. The van der Waals surface area contributed by atoms with E-state index in [1.165, 1.54) is 4.52 Å². The van der Waals surface area contributed by atoms with E-state index in [2.05, 4.69) is 20.6 Å². The van der Waals surface area contributed by atoms with Gasteiger partial charge in [-0.25, -0.2) is 0 Å². The molecule has 1 aliphatic rings. The van der Waals surface area contributed by atoms with Gasteiger partial charge in [-0.1, -0.05) is 0 Å². The normalized spacial score (nSPS) is 15.8. The number of hydrogen-bond acceptors (Lipinski definition) is 7. The van der Waals surface area contributed by atoms with Crippen molar-refractivity contribution in [3.8, 4) is 0 Å². The van der Waals surface area contributed by atoms with E-state index in [1.54, 1.807) is 34.0 Å². The highest BCUT2D eigenvalue weighted by molar-refractivity contribution is 5.94. The van der Waals surface area contributed by atoms with Crippen LogP contribution in [-0.2, 0) is 13.1 Å². The molecule has 0 spiro atoms. The maximum absolute atomic E-state index is 12.8. The van der Waals surface area contributed by atoms with Crippen LogP contribution in [0, 0.1) is 0 Å². The first-order valence-corrected chi connectivity index (χ1v) is 7.98. The topological polar surface area (TPSA) is 122 Å². The molecule has 1 amide bonds. The number of aromatic nitrogens is 6. The summed E-state index contributed by atoms with van der Waals surface area (Å²) in [6.07, 6.45) is 1.36. The van der Waals surface area contributed by atoms with Crippen LogP contribution in [0.4, 0.5) is 0 Å². The lowest BCUT2D eigenvalue weighted by Gasteiger charge is -2.20. The maximum atomic E-state index is 12.8. The number of hydrogen-bond donors (Lipinski definition) is 2. The van der Waals surface area contributed by atoms with Gasteiger partial charge in [-0.3, -0.25) is 9.48 Å². The van der Waals surface area contributed by atoms with Crippen LogP contribution in [0.2, 0.25) is 0 Å². The summed E-state index contributed by atoms with van der Waals surface area (Å²) < 4.78 is 3.25. The highest BCUT2D eigenvalue weighted by atomic mass is 16.3. The summed E-state index contributed by atoms with van der Waals surface area (Å²) in [6.45, 7) is 1.26. The molecule has 2 N–H and O–H groups in total. The minimum atomic E-state index is -1.01. The zero-order valence-corrected chi connectivity index (χ0v) is 13.4. The summed E-state index contributed by atoms with van der Waals surface area (Å²) in [5, 5.41) is 34.4. The second-order valence-electron chi connectivity index (χ2n) is 5.96. The SMILES string of the molecule is O=C(c1ccc2nnnn2c1)N1CCCn2nc([C@H](O)CO)cc2C1. The van der Waals surface area contributed by atoms with E-state index >= 15 is 0 Å². The van der Waals surface area contributed by atoms with E-state index in [1.807, 2.05) is 0 Å². The smallest absolute Gasteiger partial charge is 0.255 e. The molecule has 3 aromatic rings. The zero-order valence-electron chi connectivity index (χ0n) is 13.4. The second kappa shape index (κ2) is 6.22. The average Bonchev–Trinajstić information content (AvgIpc) is 3.21. The molecule has 10 nitrogen and oxygen atoms in total. The van der Waals surface area contributed by atoms with Crippen LogP contribution in [0.25, 0.3) is 5.65 Å². The van der Waals surface area contributed by atoms with Crippen molar-refractivity contribution in [3.63, 3.8) is 0 Å². The van der Waals surface area contributed by atoms with E-state index in [0.29, 0.717) is 36.5 Å². The number of pyridine rings is 1. The van der Waals surface area contributed by atoms with Gasteiger partial charge in [-0.05, 0) is 35.0 Å². The van der Waals surface area contributed by atoms with E-state index in [9.17, 15) is 9.90 Å². The molecule has 0 saturated heterocycles. The van der Waals surface area contributed by atoms with Crippen LogP contribution in [0.1, 0.15) is 34.3 Å². The molecule has 10 heteroatoms. The van der Waals surface area contributed by atoms with Crippen molar-refractivity contribution in [1.29, 1.82) is 0 Å². The van der Waals surface area contributed by atoms with Gasteiger partial charge in [-0.2, -0.15) is 9.61 Å². The predicted molar refractivity (Wildman–Crippen MR) is 84.4 cm³/mol. The minimum Gasteiger partial charge on any atom is -0.393 e. The van der Waals surface area contributed by atoms with E-state index < -0.39 is 6.10 Å². The quantitative estimate of drug-likeness (QED) is 0.651. The van der Waals surface area contributed by atoms with Crippen molar-refractivity contribution in [2.75, 3.05) is 13.2 Å². The molecular formula is C15H17N7O3. The molecule has 3 aromatic heterocycles. The zero-order chi connectivity index (χ0) is 17.4. The third-order valence-corrected chi connectivity index (χ3v) is 4.27. The predicted octanol–water partition coefficient (Wildman–Crippen LogP) is -0.607. The van der Waals surface area contributed by atoms with Crippen LogP contribution in [-0.4, -0.2) is 64.0 Å². The molecule has 0 unspecified atom stereocenters. The Hall–Kier alpha value is -2.85. The lowest BCUT2D eigenvalue weighted by atomic mass is 10.2. The fourth-order valence-corrected chi connectivity index (χ4v) is 2.96. The van der Waals surface area contributed by atoms with Crippen molar-refractivity contribution in [2.24, 2.45) is 0 Å². The molecule has 0 radical (unpaired) electrons. The molecule has 0 saturated carbocycles. The van der Waals surface area contributed by atoms with Crippen molar-refractivity contribution >= 4 is 11.6 Å². The number of carbonyl (C=O) groups excluding carboxylic acids is 1. The summed E-state index contributed by atoms with van der Waals surface area (Å²) in [5.41, 5.74) is 2.33. The summed E-state index contributed by atoms with van der Waals surface area (Å²) in [5.74, 6) is -0.115. The van der Waals surface area contributed by atoms with Gasteiger partial charge in [0, 0.05) is 19.3 Å². The molecule has 0 bridgehead atoms. The van der Waals surface area contributed by atoms with Gasteiger partial charge in [0.2, 0.25) is 0 Å². The first-order chi connectivity index (χ1) is 12.2. The molecule has 0 aromatic carbocycles. The van der Waals surface area contributed by atoms with Crippen LogP contribution in [0.3, 0.4) is 0 Å².